The van der Waals surface area contributed by atoms with E-state index in [4.69, 9.17) is 10.5 Å². The molecule has 98 valence electrons. The van der Waals surface area contributed by atoms with Crippen LogP contribution in [-0.4, -0.2) is 24.7 Å². The van der Waals surface area contributed by atoms with Gasteiger partial charge in [0, 0.05) is 34.5 Å². The Bertz CT molecular complexity index is 456. The van der Waals surface area contributed by atoms with Gasteiger partial charge in [-0.15, -0.1) is 0 Å². The molecule has 1 aromatic carbocycles. The molecule has 1 aliphatic rings. The molecule has 0 saturated carbocycles. The van der Waals surface area contributed by atoms with Gasteiger partial charge in [0.25, 0.3) is 5.91 Å². The maximum atomic E-state index is 12.2. The van der Waals surface area contributed by atoms with Gasteiger partial charge in [-0.05, 0) is 53.9 Å². The smallest absolute Gasteiger partial charge is 0.251 e. The lowest BCUT2D eigenvalue weighted by molar-refractivity contribution is 0.0423. The molecule has 0 bridgehead atoms. The molecule has 2 rings (SSSR count). The fourth-order valence-electron chi connectivity index (χ4n) is 1.98. The molecule has 0 spiro atoms. The highest BCUT2D eigenvalue weighted by Gasteiger charge is 2.29. The lowest BCUT2D eigenvalue weighted by Crippen LogP contribution is -2.49. The largest absolute Gasteiger partial charge is 0.398 e. The first kappa shape index (κ1) is 13.4. The molecule has 18 heavy (non-hydrogen) atoms. The summed E-state index contributed by atoms with van der Waals surface area (Å²) < 4.78 is 6.11. The van der Waals surface area contributed by atoms with Crippen molar-refractivity contribution >= 4 is 27.5 Å². The number of nitrogen functional groups attached to an aromatic ring is 1. The van der Waals surface area contributed by atoms with Crippen LogP contribution in [0.5, 0.6) is 0 Å². The molecule has 0 atom stereocenters. The fourth-order valence-corrected chi connectivity index (χ4v) is 2.22. The molecule has 3 N–H and O–H groups in total. The van der Waals surface area contributed by atoms with Crippen LogP contribution in [0.15, 0.2) is 22.7 Å². The zero-order valence-corrected chi connectivity index (χ0v) is 11.9. The number of nitrogens with two attached hydrogens (primary N) is 1. The van der Waals surface area contributed by atoms with Gasteiger partial charge in [0.15, 0.2) is 0 Å². The Morgan fingerprint density at radius 1 is 1.44 bits per heavy atom. The molecule has 1 aliphatic heterocycles. The van der Waals surface area contributed by atoms with E-state index in [2.05, 4.69) is 28.2 Å². The second kappa shape index (κ2) is 5.28. The highest BCUT2D eigenvalue weighted by Crippen LogP contribution is 2.23. The highest BCUT2D eigenvalue weighted by molar-refractivity contribution is 9.10. The number of carbonyl (C=O) groups is 1. The van der Waals surface area contributed by atoms with Crippen LogP contribution in [-0.2, 0) is 4.74 Å². The van der Waals surface area contributed by atoms with Crippen molar-refractivity contribution in [2.45, 2.75) is 25.3 Å². The zero-order valence-electron chi connectivity index (χ0n) is 10.3. The van der Waals surface area contributed by atoms with Crippen LogP contribution in [0.25, 0.3) is 0 Å². The van der Waals surface area contributed by atoms with Crippen LogP contribution in [0.3, 0.4) is 0 Å². The summed E-state index contributed by atoms with van der Waals surface area (Å²) in [6, 6.07) is 5.23. The van der Waals surface area contributed by atoms with Crippen LogP contribution in [0, 0.1) is 0 Å². The summed E-state index contributed by atoms with van der Waals surface area (Å²) >= 11 is 3.31. The minimum Gasteiger partial charge on any atom is -0.398 e. The summed E-state index contributed by atoms with van der Waals surface area (Å²) in [6.45, 7) is 3.44. The first-order valence-electron chi connectivity index (χ1n) is 5.95. The van der Waals surface area contributed by atoms with Gasteiger partial charge in [0.05, 0.1) is 0 Å². The third-order valence-electron chi connectivity index (χ3n) is 3.27. The van der Waals surface area contributed by atoms with E-state index < -0.39 is 0 Å². The van der Waals surface area contributed by atoms with Crippen molar-refractivity contribution in [3.05, 3.63) is 28.2 Å². The van der Waals surface area contributed by atoms with Crippen LogP contribution in [0.1, 0.15) is 30.1 Å². The first-order chi connectivity index (χ1) is 8.50. The van der Waals surface area contributed by atoms with E-state index in [0.29, 0.717) is 24.5 Å². The van der Waals surface area contributed by atoms with Crippen molar-refractivity contribution in [1.29, 1.82) is 0 Å². The number of hydrogen-bond donors (Lipinski definition) is 2. The third-order valence-corrected chi connectivity index (χ3v) is 3.99. The number of carbonyl (C=O) groups excluding carboxylic acids is 1. The Morgan fingerprint density at radius 3 is 2.72 bits per heavy atom. The van der Waals surface area contributed by atoms with E-state index in [1.807, 2.05) is 0 Å². The van der Waals surface area contributed by atoms with Crippen molar-refractivity contribution in [1.82, 2.24) is 5.32 Å². The summed E-state index contributed by atoms with van der Waals surface area (Å²) in [5, 5.41) is 3.07. The number of nitrogens with one attached hydrogen (secondary N) is 1. The fraction of sp³-hybridized carbons (Fsp3) is 0.462. The maximum Gasteiger partial charge on any atom is 0.251 e. The summed E-state index contributed by atoms with van der Waals surface area (Å²) in [7, 11) is 0. The molecular weight excluding hydrogens is 296 g/mol. The van der Waals surface area contributed by atoms with Crippen molar-refractivity contribution < 1.29 is 9.53 Å². The van der Waals surface area contributed by atoms with Gasteiger partial charge in [-0.25, -0.2) is 0 Å². The maximum absolute atomic E-state index is 12.2. The van der Waals surface area contributed by atoms with Gasteiger partial charge in [-0.3, -0.25) is 4.79 Å². The Morgan fingerprint density at radius 2 is 2.11 bits per heavy atom. The molecule has 1 heterocycles. The Labute approximate surface area is 115 Å². The van der Waals surface area contributed by atoms with E-state index in [1.165, 1.54) is 0 Å². The van der Waals surface area contributed by atoms with E-state index in [9.17, 15) is 4.79 Å². The second-order valence-corrected chi connectivity index (χ2v) is 5.72. The normalized spacial score (nSPS) is 18.3. The summed E-state index contributed by atoms with van der Waals surface area (Å²) in [5.74, 6) is -0.0846. The topological polar surface area (TPSA) is 64.4 Å². The SMILES string of the molecule is CC1(NC(=O)c2ccc(Br)c(N)c2)CCOCC1. The number of amides is 1. The number of rotatable bonds is 2. The van der Waals surface area contributed by atoms with Gasteiger partial charge in [0.2, 0.25) is 0 Å². The second-order valence-electron chi connectivity index (χ2n) is 4.86. The molecular formula is C13H17BrN2O2. The van der Waals surface area contributed by atoms with Gasteiger partial charge in [0.1, 0.15) is 0 Å². The average Bonchev–Trinajstić information content (AvgIpc) is 2.33. The molecule has 5 heteroatoms. The molecule has 0 aliphatic carbocycles. The predicted molar refractivity (Wildman–Crippen MR) is 74.5 cm³/mol. The lowest BCUT2D eigenvalue weighted by atomic mass is 9.92. The molecule has 0 aromatic heterocycles. The number of anilines is 1. The van der Waals surface area contributed by atoms with E-state index in [-0.39, 0.29) is 11.4 Å². The summed E-state index contributed by atoms with van der Waals surface area (Å²) in [5.41, 5.74) is 6.75. The van der Waals surface area contributed by atoms with Crippen molar-refractivity contribution in [2.24, 2.45) is 0 Å². The predicted octanol–water partition coefficient (Wildman–Crippen LogP) is 2.33. The van der Waals surface area contributed by atoms with Crippen molar-refractivity contribution in [2.75, 3.05) is 18.9 Å². The monoisotopic (exact) mass is 312 g/mol. The molecule has 1 amide bonds. The molecule has 1 fully saturated rings. The van der Waals surface area contributed by atoms with Crippen LogP contribution in [0.2, 0.25) is 0 Å². The zero-order chi connectivity index (χ0) is 13.2. The highest BCUT2D eigenvalue weighted by atomic mass is 79.9. The Balaban J connectivity index is 2.09. The molecule has 0 radical (unpaired) electrons. The van der Waals surface area contributed by atoms with Crippen LogP contribution in [0.4, 0.5) is 5.69 Å². The third kappa shape index (κ3) is 3.03. The van der Waals surface area contributed by atoms with Gasteiger partial charge >= 0.3 is 0 Å². The van der Waals surface area contributed by atoms with Gasteiger partial charge < -0.3 is 15.8 Å². The Hall–Kier alpha value is -1.07. The minimum atomic E-state index is -0.183. The number of ether oxygens (including phenoxy) is 1. The van der Waals surface area contributed by atoms with Gasteiger partial charge in [-0.2, -0.15) is 0 Å². The van der Waals surface area contributed by atoms with Crippen LogP contribution < -0.4 is 11.1 Å². The molecule has 4 nitrogen and oxygen atoms in total. The number of halogens is 1. The quantitative estimate of drug-likeness (QED) is 0.824. The molecule has 1 saturated heterocycles. The van der Waals surface area contributed by atoms with E-state index in [0.717, 1.165) is 17.3 Å². The van der Waals surface area contributed by atoms with Crippen molar-refractivity contribution in [3.8, 4) is 0 Å². The lowest BCUT2D eigenvalue weighted by Gasteiger charge is -2.34. The summed E-state index contributed by atoms with van der Waals surface area (Å²) in [6.07, 6.45) is 1.68. The van der Waals surface area contributed by atoms with E-state index in [1.54, 1.807) is 18.2 Å². The molecule has 0 unspecified atom stereocenters. The average molecular weight is 313 g/mol. The van der Waals surface area contributed by atoms with E-state index >= 15 is 0 Å². The standard InChI is InChI=1S/C13H17BrN2O2/c1-13(4-6-18-7-5-13)16-12(17)9-2-3-10(14)11(15)8-9/h2-3,8H,4-7,15H2,1H3,(H,16,17). The minimum absolute atomic E-state index is 0.0846. The number of hydrogen-bond acceptors (Lipinski definition) is 3. The number of benzene rings is 1. The van der Waals surface area contributed by atoms with Crippen molar-refractivity contribution in [3.63, 3.8) is 0 Å². The first-order valence-corrected chi connectivity index (χ1v) is 6.75. The summed E-state index contributed by atoms with van der Waals surface area (Å²) in [4.78, 5) is 12.2. The molecule has 1 aromatic rings. The Kier molecular flexibility index (Phi) is 3.92. The van der Waals surface area contributed by atoms with Gasteiger partial charge in [-0.1, -0.05) is 0 Å². The van der Waals surface area contributed by atoms with Crippen LogP contribution >= 0.6 is 15.9 Å².